The molecule has 1 amide bonds. The molecular formula is C18H22N6O. The van der Waals surface area contributed by atoms with E-state index in [1.165, 1.54) is 5.56 Å². The maximum atomic E-state index is 12.7. The minimum atomic E-state index is -0.0872. The third-order valence-electron chi connectivity index (χ3n) is 4.82. The Morgan fingerprint density at radius 2 is 2.28 bits per heavy atom. The fourth-order valence-electron chi connectivity index (χ4n) is 3.50. The van der Waals surface area contributed by atoms with E-state index >= 15 is 0 Å². The third-order valence-corrected chi connectivity index (χ3v) is 4.82. The van der Waals surface area contributed by atoms with Crippen LogP contribution in [-0.2, 0) is 18.4 Å². The van der Waals surface area contributed by atoms with E-state index in [0.29, 0.717) is 13.1 Å². The van der Waals surface area contributed by atoms with E-state index in [1.54, 1.807) is 4.68 Å². The number of benzene rings is 1. The van der Waals surface area contributed by atoms with Gasteiger partial charge in [-0.2, -0.15) is 5.10 Å². The van der Waals surface area contributed by atoms with Crippen molar-refractivity contribution >= 4 is 16.9 Å². The Labute approximate surface area is 145 Å². The topological polar surface area (TPSA) is 87.6 Å². The van der Waals surface area contributed by atoms with E-state index in [4.69, 9.17) is 0 Å². The van der Waals surface area contributed by atoms with Gasteiger partial charge in [0, 0.05) is 32.3 Å². The summed E-state index contributed by atoms with van der Waals surface area (Å²) in [6.07, 6.45) is 3.83. The summed E-state index contributed by atoms with van der Waals surface area (Å²) in [5.41, 5.74) is 4.21. The number of imidazole rings is 1. The Balaban J connectivity index is 1.43. The Morgan fingerprint density at radius 1 is 1.40 bits per heavy atom. The van der Waals surface area contributed by atoms with Crippen LogP contribution in [0.2, 0.25) is 0 Å². The smallest absolute Gasteiger partial charge is 0.225 e. The molecule has 0 aliphatic carbocycles. The van der Waals surface area contributed by atoms with Gasteiger partial charge in [0.15, 0.2) is 0 Å². The van der Waals surface area contributed by atoms with Crippen molar-refractivity contribution in [2.45, 2.75) is 19.4 Å². The summed E-state index contributed by atoms with van der Waals surface area (Å²) >= 11 is 0. The normalized spacial score (nSPS) is 20.2. The number of amides is 1. The first-order chi connectivity index (χ1) is 12.1. The molecule has 4 rings (SSSR count). The summed E-state index contributed by atoms with van der Waals surface area (Å²) in [5, 5.41) is 10.6. The molecule has 130 valence electrons. The van der Waals surface area contributed by atoms with Crippen LogP contribution in [0, 0.1) is 12.8 Å². The number of carbonyl (C=O) groups excluding carboxylic acids is 1. The molecule has 0 unspecified atom stereocenters. The molecule has 3 heterocycles. The summed E-state index contributed by atoms with van der Waals surface area (Å²) in [7, 11) is 1.89. The van der Waals surface area contributed by atoms with Crippen LogP contribution >= 0.6 is 0 Å². The zero-order chi connectivity index (χ0) is 17.4. The number of nitrogens with one attached hydrogen (secondary N) is 3. The highest BCUT2D eigenvalue weighted by Crippen LogP contribution is 2.28. The van der Waals surface area contributed by atoms with E-state index in [9.17, 15) is 4.79 Å². The van der Waals surface area contributed by atoms with Gasteiger partial charge in [0.05, 0.1) is 29.7 Å². The van der Waals surface area contributed by atoms with Crippen LogP contribution in [0.5, 0.6) is 0 Å². The Kier molecular flexibility index (Phi) is 4.01. The average Bonchev–Trinajstić information content (AvgIpc) is 3.30. The molecule has 1 aromatic carbocycles. The zero-order valence-electron chi connectivity index (χ0n) is 14.4. The zero-order valence-corrected chi connectivity index (χ0v) is 14.4. The maximum absolute atomic E-state index is 12.7. The molecule has 0 spiro atoms. The lowest BCUT2D eigenvalue weighted by atomic mass is 9.90. The molecule has 3 N–H and O–H groups in total. The Morgan fingerprint density at radius 3 is 3.08 bits per heavy atom. The number of hydrogen-bond acceptors (Lipinski definition) is 4. The Hall–Kier alpha value is -2.67. The highest BCUT2D eigenvalue weighted by molar-refractivity contribution is 5.80. The highest BCUT2D eigenvalue weighted by atomic mass is 16.1. The predicted molar refractivity (Wildman–Crippen MR) is 95.0 cm³/mol. The lowest BCUT2D eigenvalue weighted by Gasteiger charge is -2.16. The molecule has 2 aromatic heterocycles. The first-order valence-electron chi connectivity index (χ1n) is 8.52. The van der Waals surface area contributed by atoms with E-state index in [1.807, 2.05) is 38.5 Å². The van der Waals surface area contributed by atoms with Gasteiger partial charge in [0.1, 0.15) is 5.82 Å². The summed E-state index contributed by atoms with van der Waals surface area (Å²) in [4.78, 5) is 20.5. The fraction of sp³-hybridized carbons (Fsp3) is 0.389. The molecule has 2 atom stereocenters. The third kappa shape index (κ3) is 3.15. The Bertz CT molecular complexity index is 911. The molecule has 1 aliphatic heterocycles. The van der Waals surface area contributed by atoms with Gasteiger partial charge < -0.3 is 15.6 Å². The van der Waals surface area contributed by atoms with Gasteiger partial charge in [-0.15, -0.1) is 0 Å². The lowest BCUT2D eigenvalue weighted by Crippen LogP contribution is -2.34. The molecule has 3 aromatic rings. The number of aromatic amines is 1. The van der Waals surface area contributed by atoms with Gasteiger partial charge >= 0.3 is 0 Å². The number of carbonyl (C=O) groups is 1. The van der Waals surface area contributed by atoms with Crippen LogP contribution in [0.15, 0.2) is 30.6 Å². The maximum Gasteiger partial charge on any atom is 0.225 e. The summed E-state index contributed by atoms with van der Waals surface area (Å²) in [5.74, 6) is 0.899. The van der Waals surface area contributed by atoms with Gasteiger partial charge in [-0.1, -0.05) is 6.07 Å². The first kappa shape index (κ1) is 15.8. The monoisotopic (exact) mass is 338 g/mol. The second-order valence-electron chi connectivity index (χ2n) is 6.74. The number of rotatable bonds is 4. The first-order valence-corrected chi connectivity index (χ1v) is 8.52. The van der Waals surface area contributed by atoms with Gasteiger partial charge in [-0.25, -0.2) is 4.98 Å². The van der Waals surface area contributed by atoms with E-state index in [2.05, 4.69) is 31.8 Å². The second-order valence-corrected chi connectivity index (χ2v) is 6.74. The molecule has 7 heteroatoms. The van der Waals surface area contributed by atoms with Crippen molar-refractivity contribution in [3.63, 3.8) is 0 Å². The highest BCUT2D eigenvalue weighted by Gasteiger charge is 2.34. The lowest BCUT2D eigenvalue weighted by molar-refractivity contribution is -0.125. The molecule has 0 saturated carbocycles. The van der Waals surface area contributed by atoms with Gasteiger partial charge in [-0.05, 0) is 30.2 Å². The predicted octanol–water partition coefficient (Wildman–Crippen LogP) is 1.22. The molecule has 1 saturated heterocycles. The van der Waals surface area contributed by atoms with Crippen molar-refractivity contribution in [3.05, 3.63) is 47.5 Å². The number of aryl methyl sites for hydroxylation is 2. The van der Waals surface area contributed by atoms with Crippen molar-refractivity contribution in [3.8, 4) is 0 Å². The number of H-pyrrole nitrogens is 1. The van der Waals surface area contributed by atoms with Crippen molar-refractivity contribution in [2.75, 3.05) is 13.1 Å². The minimum absolute atomic E-state index is 0.0514. The fourth-order valence-corrected chi connectivity index (χ4v) is 3.50. The molecule has 25 heavy (non-hydrogen) atoms. The van der Waals surface area contributed by atoms with E-state index in [-0.39, 0.29) is 17.7 Å². The van der Waals surface area contributed by atoms with Gasteiger partial charge in [-0.3, -0.25) is 9.48 Å². The van der Waals surface area contributed by atoms with Gasteiger partial charge in [0.2, 0.25) is 5.91 Å². The largest absolute Gasteiger partial charge is 0.349 e. The molecule has 0 bridgehead atoms. The van der Waals surface area contributed by atoms with Crippen LogP contribution < -0.4 is 10.6 Å². The number of hydrogen-bond donors (Lipinski definition) is 3. The molecule has 7 nitrogen and oxygen atoms in total. The van der Waals surface area contributed by atoms with Crippen LogP contribution in [0.1, 0.15) is 22.9 Å². The van der Waals surface area contributed by atoms with Crippen LogP contribution in [0.4, 0.5) is 0 Å². The van der Waals surface area contributed by atoms with Crippen LogP contribution in [-0.4, -0.2) is 38.7 Å². The van der Waals surface area contributed by atoms with Crippen molar-refractivity contribution in [1.82, 2.24) is 30.4 Å². The summed E-state index contributed by atoms with van der Waals surface area (Å²) < 4.78 is 1.78. The van der Waals surface area contributed by atoms with Crippen LogP contribution in [0.3, 0.4) is 0 Å². The molecule has 0 radical (unpaired) electrons. The van der Waals surface area contributed by atoms with Crippen molar-refractivity contribution in [1.29, 1.82) is 0 Å². The van der Waals surface area contributed by atoms with Crippen molar-refractivity contribution < 1.29 is 4.79 Å². The van der Waals surface area contributed by atoms with Crippen LogP contribution in [0.25, 0.3) is 11.0 Å². The average molecular weight is 338 g/mol. The summed E-state index contributed by atoms with van der Waals surface area (Å²) in [6.45, 7) is 3.94. The SMILES string of the molecule is Cc1ccc2nc(CNC(=O)[C@H]3CNC[C@@H]3c3cnn(C)c3)[nH]c2c1. The quantitative estimate of drug-likeness (QED) is 0.667. The van der Waals surface area contributed by atoms with E-state index in [0.717, 1.165) is 29.0 Å². The number of fused-ring (bicyclic) bond motifs is 1. The standard InChI is InChI=1S/C18H22N6O/c1-11-3-4-15-16(5-11)23-17(22-15)9-20-18(25)14-8-19-7-13(14)12-6-21-24(2)10-12/h3-6,10,13-14,19H,7-9H2,1-2H3,(H,20,25)(H,22,23)/t13-,14+/m1/s1. The summed E-state index contributed by atoms with van der Waals surface area (Å²) in [6, 6.07) is 6.09. The molecule has 1 aliphatic rings. The van der Waals surface area contributed by atoms with Gasteiger partial charge in [0.25, 0.3) is 0 Å². The minimum Gasteiger partial charge on any atom is -0.349 e. The van der Waals surface area contributed by atoms with Crippen molar-refractivity contribution in [2.24, 2.45) is 13.0 Å². The second kappa shape index (κ2) is 6.33. The van der Waals surface area contributed by atoms with E-state index < -0.39 is 0 Å². The molecular weight excluding hydrogens is 316 g/mol. The number of aromatic nitrogens is 4. The number of nitrogens with zero attached hydrogens (tertiary/aromatic N) is 3. The molecule has 1 fully saturated rings.